The average molecular weight is 501 g/mol. The fourth-order valence-electron chi connectivity index (χ4n) is 5.40. The molecule has 37 heavy (non-hydrogen) atoms. The number of hydrogen-bond donors (Lipinski definition) is 2. The number of benzene rings is 2. The van der Waals surface area contributed by atoms with Crippen molar-refractivity contribution in [1.29, 1.82) is 0 Å². The van der Waals surface area contributed by atoms with Crippen molar-refractivity contribution in [2.45, 2.75) is 38.6 Å². The fourth-order valence-corrected chi connectivity index (χ4v) is 5.40. The van der Waals surface area contributed by atoms with E-state index in [9.17, 15) is 9.59 Å². The molecule has 1 saturated heterocycles. The minimum absolute atomic E-state index is 0.0320. The quantitative estimate of drug-likeness (QED) is 0.417. The van der Waals surface area contributed by atoms with Gasteiger partial charge in [0.05, 0.1) is 41.5 Å². The number of ether oxygens (including phenoxy) is 1. The van der Waals surface area contributed by atoms with Crippen molar-refractivity contribution in [2.24, 2.45) is 5.92 Å². The van der Waals surface area contributed by atoms with Crippen LogP contribution in [0, 0.1) is 5.92 Å². The lowest BCUT2D eigenvalue weighted by atomic mass is 9.89. The summed E-state index contributed by atoms with van der Waals surface area (Å²) < 4.78 is 7.11. The third-order valence-corrected chi connectivity index (χ3v) is 7.62. The number of morpholine rings is 1. The molecule has 0 bridgehead atoms. The van der Waals surface area contributed by atoms with Gasteiger partial charge in [-0.1, -0.05) is 31.4 Å². The number of aromatic nitrogens is 4. The van der Waals surface area contributed by atoms with Crippen LogP contribution in [0.2, 0.25) is 0 Å². The average Bonchev–Trinajstić information content (AvgIpc) is 3.35. The summed E-state index contributed by atoms with van der Waals surface area (Å²) in [6.45, 7) is 4.66. The van der Waals surface area contributed by atoms with Crippen LogP contribution in [0.25, 0.3) is 33.1 Å². The van der Waals surface area contributed by atoms with Gasteiger partial charge < -0.3 is 9.72 Å². The number of H-pyrrole nitrogens is 1. The molecule has 192 valence electrons. The maximum absolute atomic E-state index is 13.3. The molecular weight excluding hydrogens is 468 g/mol. The van der Waals surface area contributed by atoms with Crippen molar-refractivity contribution in [3.05, 3.63) is 53.1 Å². The molecule has 4 aromatic rings. The third kappa shape index (κ3) is 5.14. The molecule has 2 fully saturated rings. The summed E-state index contributed by atoms with van der Waals surface area (Å²) in [5.74, 6) is 0.598. The van der Waals surface area contributed by atoms with Crippen molar-refractivity contribution < 1.29 is 9.53 Å². The number of nitrogens with zero attached hydrogens (tertiary/aromatic N) is 4. The smallest absolute Gasteiger partial charge is 0.261 e. The first-order valence-electron chi connectivity index (χ1n) is 13.2. The highest BCUT2D eigenvalue weighted by atomic mass is 16.5. The molecule has 2 aromatic carbocycles. The predicted octanol–water partition coefficient (Wildman–Crippen LogP) is 3.79. The number of rotatable bonds is 6. The topological polar surface area (TPSA) is 105 Å². The molecule has 2 aliphatic rings. The zero-order chi connectivity index (χ0) is 25.2. The van der Waals surface area contributed by atoms with E-state index in [4.69, 9.17) is 4.74 Å². The van der Waals surface area contributed by atoms with Crippen LogP contribution in [0.4, 0.5) is 5.95 Å². The van der Waals surface area contributed by atoms with Gasteiger partial charge in [-0.3, -0.25) is 24.4 Å². The van der Waals surface area contributed by atoms with Crippen LogP contribution in [-0.2, 0) is 16.1 Å². The van der Waals surface area contributed by atoms with Gasteiger partial charge in [0.2, 0.25) is 11.9 Å². The van der Waals surface area contributed by atoms with Crippen LogP contribution in [0.15, 0.2) is 47.5 Å². The number of fused-ring (bicyclic) bond motifs is 2. The predicted molar refractivity (Wildman–Crippen MR) is 144 cm³/mol. The minimum atomic E-state index is -0.0320. The van der Waals surface area contributed by atoms with Crippen molar-refractivity contribution in [1.82, 2.24) is 24.4 Å². The maximum atomic E-state index is 13.3. The summed E-state index contributed by atoms with van der Waals surface area (Å²) in [6.07, 6.45) is 6.97. The van der Waals surface area contributed by atoms with E-state index < -0.39 is 0 Å². The maximum Gasteiger partial charge on any atom is 0.261 e. The molecule has 1 saturated carbocycles. The Labute approximate surface area is 214 Å². The Morgan fingerprint density at radius 2 is 1.76 bits per heavy atom. The molecule has 1 aliphatic heterocycles. The number of carbonyl (C=O) groups is 1. The number of amides is 1. The molecule has 0 radical (unpaired) electrons. The first kappa shape index (κ1) is 23.8. The molecule has 1 aliphatic carbocycles. The largest absolute Gasteiger partial charge is 0.379 e. The van der Waals surface area contributed by atoms with E-state index in [1.807, 2.05) is 36.4 Å². The standard InChI is InChI=1S/C28H32N6O3/c35-26(19-4-2-1-3-5-19)32-28-30-24-9-7-21(17-25(24)31-28)20-6-8-23-22(16-20)27(36)34(18-29-23)11-10-33-12-14-37-15-13-33/h6-9,16-19H,1-5,10-15H2,(H2,30,31,32,35). The number of aromatic amines is 1. The fraction of sp³-hybridized carbons (Fsp3) is 0.429. The van der Waals surface area contributed by atoms with Gasteiger partial charge in [0, 0.05) is 32.1 Å². The molecule has 2 N–H and O–H groups in total. The normalized spacial score (nSPS) is 17.4. The Balaban J connectivity index is 1.22. The first-order chi connectivity index (χ1) is 18.1. The van der Waals surface area contributed by atoms with Gasteiger partial charge in [-0.25, -0.2) is 9.97 Å². The Bertz CT molecular complexity index is 1480. The van der Waals surface area contributed by atoms with E-state index >= 15 is 0 Å². The van der Waals surface area contributed by atoms with Crippen molar-refractivity contribution in [3.63, 3.8) is 0 Å². The van der Waals surface area contributed by atoms with Crippen LogP contribution in [-0.4, -0.2) is 63.2 Å². The monoisotopic (exact) mass is 500 g/mol. The zero-order valence-electron chi connectivity index (χ0n) is 20.9. The van der Waals surface area contributed by atoms with E-state index in [1.54, 1.807) is 10.9 Å². The lowest BCUT2D eigenvalue weighted by molar-refractivity contribution is -0.120. The highest BCUT2D eigenvalue weighted by molar-refractivity contribution is 5.93. The highest BCUT2D eigenvalue weighted by Gasteiger charge is 2.22. The van der Waals surface area contributed by atoms with Crippen LogP contribution in [0.1, 0.15) is 32.1 Å². The molecule has 9 heteroatoms. The number of anilines is 1. The van der Waals surface area contributed by atoms with E-state index in [0.717, 1.165) is 80.7 Å². The number of imidazole rings is 1. The molecule has 9 nitrogen and oxygen atoms in total. The Kier molecular flexibility index (Phi) is 6.72. The Morgan fingerprint density at radius 1 is 1.00 bits per heavy atom. The Hall–Kier alpha value is -3.56. The van der Waals surface area contributed by atoms with Gasteiger partial charge >= 0.3 is 0 Å². The lowest BCUT2D eigenvalue weighted by Gasteiger charge is -2.26. The molecule has 3 heterocycles. The number of nitrogens with one attached hydrogen (secondary N) is 2. The van der Waals surface area contributed by atoms with Crippen LogP contribution in [0.5, 0.6) is 0 Å². The molecule has 0 unspecified atom stereocenters. The van der Waals surface area contributed by atoms with E-state index in [-0.39, 0.29) is 17.4 Å². The second-order valence-electron chi connectivity index (χ2n) is 10.1. The first-order valence-corrected chi connectivity index (χ1v) is 13.2. The van der Waals surface area contributed by atoms with E-state index in [2.05, 4.69) is 25.2 Å². The van der Waals surface area contributed by atoms with Gasteiger partial charge in [0.25, 0.3) is 5.56 Å². The molecule has 0 spiro atoms. The summed E-state index contributed by atoms with van der Waals surface area (Å²) in [4.78, 5) is 40.5. The van der Waals surface area contributed by atoms with Gasteiger partial charge in [0.1, 0.15) is 0 Å². The molecule has 1 amide bonds. The van der Waals surface area contributed by atoms with Crippen LogP contribution >= 0.6 is 0 Å². The van der Waals surface area contributed by atoms with Crippen molar-refractivity contribution >= 4 is 33.8 Å². The van der Waals surface area contributed by atoms with Gasteiger partial charge in [-0.05, 0) is 48.2 Å². The summed E-state index contributed by atoms with van der Waals surface area (Å²) in [7, 11) is 0. The van der Waals surface area contributed by atoms with Crippen molar-refractivity contribution in [3.8, 4) is 11.1 Å². The number of hydrogen-bond acceptors (Lipinski definition) is 6. The summed E-state index contributed by atoms with van der Waals surface area (Å²) in [6, 6.07) is 11.7. The van der Waals surface area contributed by atoms with Gasteiger partial charge in [0.15, 0.2) is 0 Å². The second-order valence-corrected chi connectivity index (χ2v) is 10.1. The van der Waals surface area contributed by atoms with E-state index in [1.165, 1.54) is 6.42 Å². The number of carbonyl (C=O) groups excluding carboxylic acids is 1. The van der Waals surface area contributed by atoms with Crippen LogP contribution < -0.4 is 10.9 Å². The minimum Gasteiger partial charge on any atom is -0.379 e. The SMILES string of the molecule is O=C(Nc1nc2ccc(-c3ccc4ncn(CCN5CCOCC5)c(=O)c4c3)cc2[nH]1)C1CCCCC1. The molecule has 2 aromatic heterocycles. The van der Waals surface area contributed by atoms with Gasteiger partial charge in [-0.2, -0.15) is 0 Å². The zero-order valence-corrected chi connectivity index (χ0v) is 20.9. The summed E-state index contributed by atoms with van der Waals surface area (Å²) in [5, 5.41) is 3.57. The highest BCUT2D eigenvalue weighted by Crippen LogP contribution is 2.27. The van der Waals surface area contributed by atoms with Gasteiger partial charge in [-0.15, -0.1) is 0 Å². The van der Waals surface area contributed by atoms with E-state index in [0.29, 0.717) is 23.4 Å². The lowest BCUT2D eigenvalue weighted by Crippen LogP contribution is -2.39. The molecule has 0 atom stereocenters. The third-order valence-electron chi connectivity index (χ3n) is 7.62. The summed E-state index contributed by atoms with van der Waals surface area (Å²) in [5.41, 5.74) is 4.18. The van der Waals surface area contributed by atoms with Crippen molar-refractivity contribution in [2.75, 3.05) is 38.2 Å². The Morgan fingerprint density at radius 3 is 2.57 bits per heavy atom. The second kappa shape index (κ2) is 10.4. The van der Waals surface area contributed by atoms with Crippen LogP contribution in [0.3, 0.4) is 0 Å². The molecule has 6 rings (SSSR count). The molecular formula is C28H32N6O3. The summed E-state index contributed by atoms with van der Waals surface area (Å²) >= 11 is 0.